The number of sulfone groups is 1. The van der Waals surface area contributed by atoms with E-state index < -0.39 is 15.8 Å². The van der Waals surface area contributed by atoms with Crippen molar-refractivity contribution < 1.29 is 22.7 Å². The molecular weight excluding hydrogens is 348 g/mol. The van der Waals surface area contributed by atoms with Crippen molar-refractivity contribution in [3.63, 3.8) is 0 Å². The van der Waals surface area contributed by atoms with Crippen molar-refractivity contribution in [1.29, 1.82) is 0 Å². The quantitative estimate of drug-likeness (QED) is 0.555. The van der Waals surface area contributed by atoms with E-state index in [2.05, 4.69) is 15.1 Å². The average Bonchev–Trinajstić information content (AvgIpc) is 2.99. The second-order valence-electron chi connectivity index (χ2n) is 5.56. The Morgan fingerprint density at radius 3 is 2.56 bits per heavy atom. The lowest BCUT2D eigenvalue weighted by atomic mass is 10.1. The summed E-state index contributed by atoms with van der Waals surface area (Å²) in [7, 11) is -2.22. The van der Waals surface area contributed by atoms with Crippen molar-refractivity contribution >= 4 is 15.8 Å². The minimum absolute atomic E-state index is 0.0231. The second kappa shape index (κ2) is 7.18. The zero-order valence-corrected chi connectivity index (χ0v) is 15.5. The molecule has 0 saturated heterocycles. The third-order valence-corrected chi connectivity index (χ3v) is 4.14. The molecule has 10 heteroatoms. The molecule has 0 radical (unpaired) electrons. The Morgan fingerprint density at radius 2 is 2.04 bits per heavy atom. The second-order valence-corrected chi connectivity index (χ2v) is 7.47. The van der Waals surface area contributed by atoms with Crippen LogP contribution in [-0.2, 0) is 14.6 Å². The van der Waals surface area contributed by atoms with Gasteiger partial charge in [0.1, 0.15) is 5.69 Å². The molecule has 136 valence electrons. The van der Waals surface area contributed by atoms with Gasteiger partial charge in [0, 0.05) is 11.9 Å². The van der Waals surface area contributed by atoms with E-state index in [1.54, 1.807) is 13.0 Å². The van der Waals surface area contributed by atoms with Crippen LogP contribution in [0.2, 0.25) is 0 Å². The summed E-state index contributed by atoms with van der Waals surface area (Å²) in [5, 5.41) is 3.90. The molecule has 0 aliphatic heterocycles. The molecule has 0 N–H and O–H groups in total. The van der Waals surface area contributed by atoms with E-state index >= 15 is 0 Å². The third-order valence-electron chi connectivity index (χ3n) is 3.28. The maximum atomic E-state index is 12.0. The Bertz CT molecular complexity index is 889. The Balaban J connectivity index is 2.62. The highest BCUT2D eigenvalue weighted by atomic mass is 32.2. The lowest BCUT2D eigenvalue weighted by Gasteiger charge is -2.12. The van der Waals surface area contributed by atoms with Gasteiger partial charge in [0.05, 0.1) is 19.9 Å². The zero-order chi connectivity index (χ0) is 18.8. The van der Waals surface area contributed by atoms with Crippen LogP contribution < -0.4 is 4.74 Å². The van der Waals surface area contributed by atoms with Crippen molar-refractivity contribution in [3.8, 4) is 11.6 Å². The van der Waals surface area contributed by atoms with E-state index in [0.29, 0.717) is 11.4 Å². The summed E-state index contributed by atoms with van der Waals surface area (Å²) >= 11 is 0. The molecule has 0 aromatic carbocycles. The SMILES string of the molecule is CCOC(=O)c1cc(C(C)C)n(-c2cnc(S(C)(=O)=O)nc2OC)n1. The Kier molecular flexibility index (Phi) is 5.41. The van der Waals surface area contributed by atoms with E-state index in [4.69, 9.17) is 9.47 Å². The smallest absolute Gasteiger partial charge is 0.358 e. The predicted octanol–water partition coefficient (Wildman–Crippen LogP) is 1.37. The molecule has 0 bridgehead atoms. The van der Waals surface area contributed by atoms with Crippen LogP contribution in [0.4, 0.5) is 0 Å². The average molecular weight is 368 g/mol. The first-order chi connectivity index (χ1) is 11.7. The molecule has 9 nitrogen and oxygen atoms in total. The van der Waals surface area contributed by atoms with Gasteiger partial charge in [0.2, 0.25) is 20.9 Å². The summed E-state index contributed by atoms with van der Waals surface area (Å²) < 4.78 is 34.9. The maximum Gasteiger partial charge on any atom is 0.358 e. The van der Waals surface area contributed by atoms with Crippen LogP contribution in [0.5, 0.6) is 5.88 Å². The van der Waals surface area contributed by atoms with Gasteiger partial charge in [-0.25, -0.2) is 22.9 Å². The predicted molar refractivity (Wildman–Crippen MR) is 88.9 cm³/mol. The molecule has 0 aliphatic carbocycles. The minimum atomic E-state index is -3.58. The molecule has 0 fully saturated rings. The number of hydrogen-bond donors (Lipinski definition) is 0. The third kappa shape index (κ3) is 3.95. The maximum absolute atomic E-state index is 12.0. The van der Waals surface area contributed by atoms with Crippen molar-refractivity contribution in [2.45, 2.75) is 31.8 Å². The van der Waals surface area contributed by atoms with Gasteiger partial charge in [0.15, 0.2) is 5.69 Å². The van der Waals surface area contributed by atoms with Crippen LogP contribution in [0.3, 0.4) is 0 Å². The van der Waals surface area contributed by atoms with Gasteiger partial charge < -0.3 is 9.47 Å². The first-order valence-electron chi connectivity index (χ1n) is 7.57. The summed E-state index contributed by atoms with van der Waals surface area (Å²) in [5.41, 5.74) is 1.17. The van der Waals surface area contributed by atoms with Gasteiger partial charge in [-0.1, -0.05) is 13.8 Å². The van der Waals surface area contributed by atoms with Crippen molar-refractivity contribution in [2.24, 2.45) is 0 Å². The van der Waals surface area contributed by atoms with E-state index in [1.165, 1.54) is 18.0 Å². The largest absolute Gasteiger partial charge is 0.479 e. The van der Waals surface area contributed by atoms with Gasteiger partial charge >= 0.3 is 5.97 Å². The number of rotatable bonds is 6. The molecule has 25 heavy (non-hydrogen) atoms. The normalized spacial score (nSPS) is 11.6. The summed E-state index contributed by atoms with van der Waals surface area (Å²) in [6.07, 6.45) is 2.31. The summed E-state index contributed by atoms with van der Waals surface area (Å²) in [4.78, 5) is 19.8. The lowest BCUT2D eigenvalue weighted by Crippen LogP contribution is -2.12. The van der Waals surface area contributed by atoms with Crippen LogP contribution in [0.25, 0.3) is 5.69 Å². The summed E-state index contributed by atoms with van der Waals surface area (Å²) in [6.45, 7) is 5.80. The van der Waals surface area contributed by atoms with E-state index in [0.717, 1.165) is 6.26 Å². The number of carbonyl (C=O) groups excluding carboxylic acids is 1. The standard InChI is InChI=1S/C15H20N4O5S/c1-6-24-14(20)10-7-11(9(2)3)19(18-10)12-8-16-15(25(5,21)22)17-13(12)23-4/h7-9H,6H2,1-5H3. The molecule has 2 heterocycles. The Morgan fingerprint density at radius 1 is 1.36 bits per heavy atom. The summed E-state index contributed by atoms with van der Waals surface area (Å²) in [6, 6.07) is 1.62. The number of aromatic nitrogens is 4. The van der Waals surface area contributed by atoms with Gasteiger partial charge in [-0.2, -0.15) is 10.1 Å². The van der Waals surface area contributed by atoms with Crippen LogP contribution in [-0.4, -0.2) is 54.1 Å². The van der Waals surface area contributed by atoms with E-state index in [-0.39, 0.29) is 29.3 Å². The lowest BCUT2D eigenvalue weighted by molar-refractivity contribution is 0.0519. The molecule has 2 aromatic rings. The first-order valence-corrected chi connectivity index (χ1v) is 9.46. The van der Waals surface area contributed by atoms with E-state index in [1.807, 2.05) is 13.8 Å². The van der Waals surface area contributed by atoms with Crippen molar-refractivity contribution in [1.82, 2.24) is 19.7 Å². The fourth-order valence-electron chi connectivity index (χ4n) is 2.12. The van der Waals surface area contributed by atoms with Gasteiger partial charge in [-0.05, 0) is 18.9 Å². The highest BCUT2D eigenvalue weighted by Crippen LogP contribution is 2.26. The van der Waals surface area contributed by atoms with E-state index in [9.17, 15) is 13.2 Å². The van der Waals surface area contributed by atoms with Crippen LogP contribution >= 0.6 is 0 Å². The molecule has 0 aliphatic rings. The molecule has 0 saturated carbocycles. The van der Waals surface area contributed by atoms with Gasteiger partial charge in [-0.15, -0.1) is 0 Å². The molecule has 0 atom stereocenters. The van der Waals surface area contributed by atoms with Crippen molar-refractivity contribution in [3.05, 3.63) is 23.7 Å². The number of nitrogens with zero attached hydrogens (tertiary/aromatic N) is 4. The Hall–Kier alpha value is -2.49. The highest BCUT2D eigenvalue weighted by molar-refractivity contribution is 7.90. The highest BCUT2D eigenvalue weighted by Gasteiger charge is 2.22. The number of esters is 1. The Labute approximate surface area is 145 Å². The molecule has 0 spiro atoms. The number of hydrogen-bond acceptors (Lipinski definition) is 8. The summed E-state index contributed by atoms with van der Waals surface area (Å²) in [5.74, 6) is -0.485. The molecule has 2 aromatic heterocycles. The molecular formula is C15H20N4O5S. The topological polar surface area (TPSA) is 113 Å². The zero-order valence-electron chi connectivity index (χ0n) is 14.7. The van der Waals surface area contributed by atoms with Gasteiger partial charge in [0.25, 0.3) is 0 Å². The molecule has 0 unspecified atom stereocenters. The fourth-order valence-corrected chi connectivity index (χ4v) is 2.62. The number of carbonyl (C=O) groups is 1. The monoisotopic (exact) mass is 368 g/mol. The first kappa shape index (κ1) is 18.8. The number of ether oxygens (including phenoxy) is 2. The van der Waals surface area contributed by atoms with Gasteiger partial charge in [-0.3, -0.25) is 0 Å². The molecule has 0 amide bonds. The number of methoxy groups -OCH3 is 1. The van der Waals surface area contributed by atoms with Crippen LogP contribution in [0.15, 0.2) is 17.4 Å². The minimum Gasteiger partial charge on any atom is -0.479 e. The fraction of sp³-hybridized carbons (Fsp3) is 0.467. The van der Waals surface area contributed by atoms with Crippen LogP contribution in [0.1, 0.15) is 42.9 Å². The van der Waals surface area contributed by atoms with Crippen LogP contribution in [0, 0.1) is 0 Å². The molecule has 2 rings (SSSR count). The van der Waals surface area contributed by atoms with Crippen molar-refractivity contribution in [2.75, 3.05) is 20.0 Å².